The molecule has 1 atom stereocenters. The molecule has 1 amide bonds. The first-order chi connectivity index (χ1) is 21.3. The molecule has 0 radical (unpaired) electrons. The average molecular weight is 662 g/mol. The van der Waals surface area contributed by atoms with Gasteiger partial charge in [-0.05, 0) is 81.4 Å². The molecule has 1 aromatic carbocycles. The molecule has 3 heterocycles. The van der Waals surface area contributed by atoms with Gasteiger partial charge in [0.15, 0.2) is 11.7 Å². The molecule has 1 unspecified atom stereocenters. The third-order valence-electron chi connectivity index (χ3n) is 7.61. The van der Waals surface area contributed by atoms with Crippen molar-refractivity contribution in [1.29, 1.82) is 5.41 Å². The minimum Gasteiger partial charge on any atom is -0.444 e. The average Bonchev–Trinajstić information content (AvgIpc) is 3.70. The summed E-state index contributed by atoms with van der Waals surface area (Å²) in [7, 11) is 0. The number of hydrogen-bond acceptors (Lipinski definition) is 7. The van der Waals surface area contributed by atoms with Crippen molar-refractivity contribution in [2.24, 2.45) is 10.7 Å². The fourth-order valence-corrected chi connectivity index (χ4v) is 5.51. The van der Waals surface area contributed by atoms with Crippen LogP contribution < -0.4 is 16.4 Å². The molecular formula is C35H47N7O2S2. The van der Waals surface area contributed by atoms with Crippen molar-refractivity contribution in [3.05, 3.63) is 101 Å². The summed E-state index contributed by atoms with van der Waals surface area (Å²) in [5.74, 6) is 0.182. The van der Waals surface area contributed by atoms with Gasteiger partial charge in [0, 0.05) is 23.6 Å². The predicted molar refractivity (Wildman–Crippen MR) is 198 cm³/mol. The van der Waals surface area contributed by atoms with E-state index in [1.165, 1.54) is 6.42 Å². The quantitative estimate of drug-likeness (QED) is 0.0889. The number of nitrogens with zero attached hydrogens (tertiary/aromatic N) is 3. The molecule has 9 nitrogen and oxygen atoms in total. The van der Waals surface area contributed by atoms with Crippen LogP contribution in [0.25, 0.3) is 6.08 Å². The summed E-state index contributed by atoms with van der Waals surface area (Å²) in [4.78, 5) is 21.4. The Balaban J connectivity index is 0.00000139. The Kier molecular flexibility index (Phi) is 12.0. The lowest BCUT2D eigenvalue weighted by atomic mass is 9.71. The lowest BCUT2D eigenvalue weighted by Gasteiger charge is -2.43. The molecule has 3 aliphatic rings. The zero-order valence-corrected chi connectivity index (χ0v) is 29.5. The number of carbonyl (C=O) groups is 1. The van der Waals surface area contributed by atoms with E-state index in [9.17, 15) is 4.79 Å². The van der Waals surface area contributed by atoms with Crippen LogP contribution >= 0.6 is 26.3 Å². The Morgan fingerprint density at radius 2 is 1.91 bits per heavy atom. The maximum absolute atomic E-state index is 12.6. The van der Waals surface area contributed by atoms with Crippen molar-refractivity contribution in [3.8, 4) is 0 Å². The number of ether oxygens (including phenoxy) is 1. The second-order valence-corrected chi connectivity index (χ2v) is 12.9. The van der Waals surface area contributed by atoms with E-state index in [0.717, 1.165) is 52.8 Å². The summed E-state index contributed by atoms with van der Waals surface area (Å²) in [6, 6.07) is 10.1. The molecule has 46 heavy (non-hydrogen) atoms. The van der Waals surface area contributed by atoms with E-state index in [2.05, 4.69) is 84.2 Å². The highest BCUT2D eigenvalue weighted by Crippen LogP contribution is 2.44. The number of rotatable bonds is 7. The van der Waals surface area contributed by atoms with Crippen LogP contribution in [0.2, 0.25) is 0 Å². The minimum atomic E-state index is -0.559. The molecule has 0 saturated heterocycles. The van der Waals surface area contributed by atoms with Crippen LogP contribution in [0.5, 0.6) is 0 Å². The molecule has 11 heteroatoms. The summed E-state index contributed by atoms with van der Waals surface area (Å²) >= 11 is 4.19. The van der Waals surface area contributed by atoms with Gasteiger partial charge in [-0.25, -0.2) is 9.79 Å². The normalized spacial score (nSPS) is 18.1. The third kappa shape index (κ3) is 8.44. The number of amidine groups is 2. The van der Waals surface area contributed by atoms with Gasteiger partial charge >= 0.3 is 6.09 Å². The van der Waals surface area contributed by atoms with E-state index in [-0.39, 0.29) is 31.2 Å². The summed E-state index contributed by atoms with van der Waals surface area (Å²) in [6.45, 7) is 15.8. The van der Waals surface area contributed by atoms with Gasteiger partial charge < -0.3 is 21.1 Å². The molecule has 1 saturated carbocycles. The number of fused-ring (bicyclic) bond motifs is 1. The number of carbonyl (C=O) groups excluding carboxylic acids is 1. The van der Waals surface area contributed by atoms with E-state index >= 15 is 0 Å². The van der Waals surface area contributed by atoms with E-state index < -0.39 is 17.2 Å². The molecule has 1 aromatic heterocycles. The summed E-state index contributed by atoms with van der Waals surface area (Å²) in [5, 5.41) is 15.4. The third-order valence-corrected chi connectivity index (χ3v) is 7.94. The van der Waals surface area contributed by atoms with Crippen LogP contribution in [0.15, 0.2) is 83.3 Å². The van der Waals surface area contributed by atoms with Crippen molar-refractivity contribution in [3.63, 3.8) is 0 Å². The van der Waals surface area contributed by atoms with Gasteiger partial charge in [0.1, 0.15) is 17.0 Å². The SMILES string of the molecule is C=C/C=C(\C)C1=Cc2c(ccnc2C(=N)N=C(N)C2=CN2S)NC1c1ccc(C2(NC(=O)OC(C)(C)C)CCC2)cc1.CCC.S. The highest BCUT2D eigenvalue weighted by molar-refractivity contribution is 7.78. The van der Waals surface area contributed by atoms with E-state index in [0.29, 0.717) is 11.4 Å². The number of nitrogens with two attached hydrogens (primary N) is 1. The lowest BCUT2D eigenvalue weighted by Crippen LogP contribution is -2.52. The number of anilines is 1. The highest BCUT2D eigenvalue weighted by Gasteiger charge is 2.41. The molecule has 2 aromatic rings. The fourth-order valence-electron chi connectivity index (χ4n) is 5.29. The van der Waals surface area contributed by atoms with Crippen LogP contribution in [0.3, 0.4) is 0 Å². The topological polar surface area (TPSA) is 128 Å². The number of pyridine rings is 1. The van der Waals surface area contributed by atoms with Crippen molar-refractivity contribution in [2.75, 3.05) is 5.32 Å². The number of hydrogen-bond donors (Lipinski definition) is 5. The van der Waals surface area contributed by atoms with Gasteiger partial charge in [-0.3, -0.25) is 14.7 Å². The van der Waals surface area contributed by atoms with Crippen molar-refractivity contribution >= 4 is 55.8 Å². The monoisotopic (exact) mass is 661 g/mol. The lowest BCUT2D eigenvalue weighted by molar-refractivity contribution is 0.0377. The zero-order chi connectivity index (χ0) is 32.9. The largest absolute Gasteiger partial charge is 0.444 e. The van der Waals surface area contributed by atoms with Gasteiger partial charge in [0.25, 0.3) is 0 Å². The van der Waals surface area contributed by atoms with Crippen molar-refractivity contribution < 1.29 is 9.53 Å². The maximum atomic E-state index is 12.6. The van der Waals surface area contributed by atoms with E-state index in [4.69, 9.17) is 15.9 Å². The maximum Gasteiger partial charge on any atom is 0.408 e. The van der Waals surface area contributed by atoms with Crippen LogP contribution in [0.4, 0.5) is 10.5 Å². The van der Waals surface area contributed by atoms with Gasteiger partial charge in [-0.1, -0.05) is 76.1 Å². The molecule has 1 aliphatic carbocycles. The van der Waals surface area contributed by atoms with E-state index in [1.54, 1.807) is 22.8 Å². The van der Waals surface area contributed by atoms with E-state index in [1.807, 2.05) is 39.8 Å². The van der Waals surface area contributed by atoms with Crippen molar-refractivity contribution in [2.45, 2.75) is 84.4 Å². The number of nitrogens with one attached hydrogen (secondary N) is 3. The Morgan fingerprint density at radius 3 is 2.43 bits per heavy atom. The van der Waals surface area contributed by atoms with Gasteiger partial charge in [-0.2, -0.15) is 13.5 Å². The number of thiol groups is 1. The van der Waals surface area contributed by atoms with Crippen LogP contribution in [-0.2, 0) is 10.3 Å². The number of aliphatic imine (C=N–C) groups is 1. The molecule has 5 rings (SSSR count). The highest BCUT2D eigenvalue weighted by atomic mass is 32.1. The number of aromatic nitrogens is 1. The first kappa shape index (κ1) is 36.5. The minimum absolute atomic E-state index is 0. The van der Waals surface area contributed by atoms with Gasteiger partial charge in [-0.15, -0.1) is 0 Å². The number of amides is 1. The molecular weight excluding hydrogens is 615 g/mol. The van der Waals surface area contributed by atoms with Crippen LogP contribution in [-0.4, -0.2) is 32.7 Å². The molecule has 2 aliphatic heterocycles. The van der Waals surface area contributed by atoms with Crippen LogP contribution in [0, 0.1) is 5.41 Å². The van der Waals surface area contributed by atoms with Crippen molar-refractivity contribution in [1.82, 2.24) is 14.6 Å². The predicted octanol–water partition coefficient (Wildman–Crippen LogP) is 7.88. The second kappa shape index (κ2) is 15.1. The number of allylic oxidation sites excluding steroid dienone is 2. The first-order valence-corrected chi connectivity index (χ1v) is 15.7. The molecule has 0 bridgehead atoms. The Hall–Kier alpha value is -3.96. The number of alkyl carbamates (subject to hydrolysis) is 1. The Labute approximate surface area is 285 Å². The zero-order valence-electron chi connectivity index (χ0n) is 27.6. The molecule has 1 fully saturated rings. The van der Waals surface area contributed by atoms with Gasteiger partial charge in [0.2, 0.25) is 0 Å². The standard InChI is InChI=1S/C32H37N7O2S.C3H8.H2S/c1-6-8-19(2)22-17-23-24(13-16-35-27(23)29(34)37-28(33)25-18-39(25)42)36-26(22)20-9-11-21(12-10-20)32(14-7-15-32)38-30(40)41-31(3,4)5;1-3-2;/h6,8-13,16-18,26,36,42H,1,7,14-15H2,2-5H3,(H,38,40)(H3,33,34,37);3H2,1-2H3;1H2/b19-8+;;. The first-order valence-electron chi connectivity index (χ1n) is 15.3. The fraction of sp³-hybridized carbons (Fsp3) is 0.371. The summed E-state index contributed by atoms with van der Waals surface area (Å²) in [5.41, 5.74) is 11.9. The smallest absolute Gasteiger partial charge is 0.408 e. The second-order valence-electron chi connectivity index (χ2n) is 12.5. The molecule has 5 N–H and O–H groups in total. The molecule has 246 valence electrons. The molecule has 0 spiro atoms. The number of benzene rings is 1. The van der Waals surface area contributed by atoms with Crippen LogP contribution in [0.1, 0.15) is 95.7 Å². The summed E-state index contributed by atoms with van der Waals surface area (Å²) in [6.07, 6.45) is 12.8. The summed E-state index contributed by atoms with van der Waals surface area (Å²) < 4.78 is 7.10. The Bertz CT molecular complexity index is 1580. The Morgan fingerprint density at radius 1 is 1.28 bits per heavy atom. The van der Waals surface area contributed by atoms with Gasteiger partial charge in [0.05, 0.1) is 11.6 Å².